The topological polar surface area (TPSA) is 47.4 Å². The Kier molecular flexibility index (Phi) is 5.39. The van der Waals surface area contributed by atoms with Crippen LogP contribution in [0, 0.1) is 13.8 Å². The van der Waals surface area contributed by atoms with Gasteiger partial charge in [-0.25, -0.2) is 4.98 Å². The van der Waals surface area contributed by atoms with Crippen LogP contribution >= 0.6 is 0 Å². The molecule has 2 heterocycles. The zero-order chi connectivity index (χ0) is 22.1. The van der Waals surface area contributed by atoms with E-state index >= 15 is 0 Å². The Balaban J connectivity index is 1.40. The van der Waals surface area contributed by atoms with Gasteiger partial charge in [0.2, 0.25) is 5.91 Å². The van der Waals surface area contributed by atoms with Crippen molar-refractivity contribution >= 4 is 22.6 Å². The fourth-order valence-corrected chi connectivity index (χ4v) is 4.46. The highest BCUT2D eigenvalue weighted by atomic mass is 16.5. The minimum absolute atomic E-state index is 0.0511. The van der Waals surface area contributed by atoms with E-state index in [-0.39, 0.29) is 11.8 Å². The van der Waals surface area contributed by atoms with Gasteiger partial charge in [0.25, 0.3) is 0 Å². The molecule has 4 aromatic rings. The van der Waals surface area contributed by atoms with Gasteiger partial charge in [0.15, 0.2) is 0 Å². The van der Waals surface area contributed by atoms with E-state index in [4.69, 9.17) is 9.72 Å². The van der Waals surface area contributed by atoms with Crippen LogP contribution in [-0.4, -0.2) is 28.6 Å². The first-order chi connectivity index (χ1) is 15.6. The first kappa shape index (κ1) is 20.3. The fourth-order valence-electron chi connectivity index (χ4n) is 4.46. The Morgan fingerprint density at radius 1 is 0.969 bits per heavy atom. The molecule has 162 valence electrons. The molecule has 1 amide bonds. The molecule has 5 rings (SSSR count). The number of para-hydroxylation sites is 2. The number of carbonyl (C=O) groups excluding carboxylic acids is 1. The number of hydrogen-bond acceptors (Lipinski definition) is 3. The number of amides is 1. The third-order valence-electron chi connectivity index (χ3n) is 6.09. The molecule has 1 saturated heterocycles. The second kappa shape index (κ2) is 8.50. The maximum Gasteiger partial charge on any atom is 0.227 e. The fraction of sp³-hybridized carbons (Fsp3) is 0.259. The SMILES string of the molecule is Cc1ccc(N2C[C@@H](c3nc4ccccc4n3CCOc3cccc(C)c3)CC2=O)cc1. The molecule has 32 heavy (non-hydrogen) atoms. The summed E-state index contributed by atoms with van der Waals surface area (Å²) < 4.78 is 8.25. The van der Waals surface area contributed by atoms with Crippen molar-refractivity contribution in [3.05, 3.63) is 89.7 Å². The van der Waals surface area contributed by atoms with E-state index in [1.807, 2.05) is 65.6 Å². The molecule has 1 aliphatic rings. The molecule has 0 unspecified atom stereocenters. The smallest absolute Gasteiger partial charge is 0.227 e. The summed E-state index contributed by atoms with van der Waals surface area (Å²) in [4.78, 5) is 19.7. The highest BCUT2D eigenvalue weighted by molar-refractivity contribution is 5.96. The lowest BCUT2D eigenvalue weighted by Gasteiger charge is -2.18. The lowest BCUT2D eigenvalue weighted by Crippen LogP contribution is -2.24. The summed E-state index contributed by atoms with van der Waals surface area (Å²) in [5.74, 6) is 2.03. The van der Waals surface area contributed by atoms with Crippen LogP contribution in [-0.2, 0) is 11.3 Å². The number of carbonyl (C=O) groups is 1. The molecule has 1 fully saturated rings. The summed E-state index contributed by atoms with van der Waals surface area (Å²) in [6, 6.07) is 24.4. The average Bonchev–Trinajstić information content (AvgIpc) is 3.35. The summed E-state index contributed by atoms with van der Waals surface area (Å²) in [5, 5.41) is 0. The van der Waals surface area contributed by atoms with Gasteiger partial charge in [-0.2, -0.15) is 0 Å². The predicted octanol–water partition coefficient (Wildman–Crippen LogP) is 5.25. The van der Waals surface area contributed by atoms with Gasteiger partial charge >= 0.3 is 0 Å². The number of imidazole rings is 1. The Bertz CT molecular complexity index is 1260. The van der Waals surface area contributed by atoms with Crippen LogP contribution in [0.4, 0.5) is 5.69 Å². The Hall–Kier alpha value is -3.60. The quantitative estimate of drug-likeness (QED) is 0.424. The first-order valence-electron chi connectivity index (χ1n) is 11.1. The van der Waals surface area contributed by atoms with E-state index in [0.29, 0.717) is 26.1 Å². The Morgan fingerprint density at radius 3 is 2.59 bits per heavy atom. The van der Waals surface area contributed by atoms with Crippen molar-refractivity contribution in [1.29, 1.82) is 0 Å². The van der Waals surface area contributed by atoms with Crippen molar-refractivity contribution in [3.8, 4) is 5.75 Å². The molecule has 0 bridgehead atoms. The summed E-state index contributed by atoms with van der Waals surface area (Å²) in [5.41, 5.74) is 5.36. The maximum atomic E-state index is 12.9. The van der Waals surface area contributed by atoms with Gasteiger partial charge < -0.3 is 14.2 Å². The van der Waals surface area contributed by atoms with Crippen molar-refractivity contribution in [2.75, 3.05) is 18.1 Å². The number of nitrogens with zero attached hydrogens (tertiary/aromatic N) is 3. The molecule has 1 aliphatic heterocycles. The minimum Gasteiger partial charge on any atom is -0.492 e. The first-order valence-corrected chi connectivity index (χ1v) is 11.1. The van der Waals surface area contributed by atoms with Gasteiger partial charge in [0.1, 0.15) is 18.2 Å². The zero-order valence-corrected chi connectivity index (χ0v) is 18.5. The van der Waals surface area contributed by atoms with Crippen LogP contribution in [0.2, 0.25) is 0 Å². The maximum absolute atomic E-state index is 12.9. The molecular weight excluding hydrogens is 398 g/mol. The third-order valence-corrected chi connectivity index (χ3v) is 6.09. The average molecular weight is 426 g/mol. The van der Waals surface area contributed by atoms with Gasteiger partial charge in [0, 0.05) is 24.6 Å². The van der Waals surface area contributed by atoms with Gasteiger partial charge in [-0.3, -0.25) is 4.79 Å². The van der Waals surface area contributed by atoms with Gasteiger partial charge in [0.05, 0.1) is 17.6 Å². The molecule has 3 aromatic carbocycles. The molecule has 1 atom stereocenters. The lowest BCUT2D eigenvalue weighted by atomic mass is 10.1. The molecule has 0 saturated carbocycles. The second-order valence-corrected chi connectivity index (χ2v) is 8.52. The van der Waals surface area contributed by atoms with Gasteiger partial charge in [-0.15, -0.1) is 0 Å². The van der Waals surface area contributed by atoms with E-state index in [2.05, 4.69) is 30.5 Å². The molecule has 5 nitrogen and oxygen atoms in total. The predicted molar refractivity (Wildman–Crippen MR) is 127 cm³/mol. The van der Waals surface area contributed by atoms with E-state index in [1.54, 1.807) is 0 Å². The summed E-state index contributed by atoms with van der Waals surface area (Å²) in [6.07, 6.45) is 0.468. The monoisotopic (exact) mass is 425 g/mol. The highest BCUT2D eigenvalue weighted by Crippen LogP contribution is 2.33. The van der Waals surface area contributed by atoms with Crippen molar-refractivity contribution in [2.45, 2.75) is 32.7 Å². The summed E-state index contributed by atoms with van der Waals surface area (Å²) >= 11 is 0. The number of aryl methyl sites for hydroxylation is 2. The molecule has 0 N–H and O–H groups in total. The molecule has 0 radical (unpaired) electrons. The number of ether oxygens (including phenoxy) is 1. The molecule has 1 aromatic heterocycles. The normalized spacial score (nSPS) is 16.1. The largest absolute Gasteiger partial charge is 0.492 e. The Labute approximate surface area is 188 Å². The molecule has 0 aliphatic carbocycles. The van der Waals surface area contributed by atoms with Crippen molar-refractivity contribution in [2.24, 2.45) is 0 Å². The van der Waals surface area contributed by atoms with Crippen LogP contribution in [0.15, 0.2) is 72.8 Å². The van der Waals surface area contributed by atoms with E-state index < -0.39 is 0 Å². The summed E-state index contributed by atoms with van der Waals surface area (Å²) in [6.45, 7) is 5.98. The molecule has 5 heteroatoms. The van der Waals surface area contributed by atoms with Gasteiger partial charge in [-0.05, 0) is 55.8 Å². The molecule has 0 spiro atoms. The number of benzene rings is 3. The summed E-state index contributed by atoms with van der Waals surface area (Å²) in [7, 11) is 0. The lowest BCUT2D eigenvalue weighted by molar-refractivity contribution is -0.117. The van der Waals surface area contributed by atoms with E-state index in [0.717, 1.165) is 28.3 Å². The van der Waals surface area contributed by atoms with Crippen LogP contribution in [0.3, 0.4) is 0 Å². The second-order valence-electron chi connectivity index (χ2n) is 8.52. The third kappa shape index (κ3) is 3.98. The highest BCUT2D eigenvalue weighted by Gasteiger charge is 2.34. The van der Waals surface area contributed by atoms with Crippen molar-refractivity contribution in [1.82, 2.24) is 9.55 Å². The minimum atomic E-state index is 0.0511. The van der Waals surface area contributed by atoms with E-state index in [9.17, 15) is 4.79 Å². The van der Waals surface area contributed by atoms with Crippen LogP contribution < -0.4 is 9.64 Å². The van der Waals surface area contributed by atoms with Crippen molar-refractivity contribution < 1.29 is 9.53 Å². The standard InChI is InChI=1S/C27H27N3O2/c1-19-10-12-22(13-11-19)30-18-21(17-26(30)31)27-28-24-8-3-4-9-25(24)29(27)14-15-32-23-7-5-6-20(2)16-23/h3-13,16,21H,14-15,17-18H2,1-2H3/t21-/m0/s1. The number of fused-ring (bicyclic) bond motifs is 1. The van der Waals surface area contributed by atoms with Crippen molar-refractivity contribution in [3.63, 3.8) is 0 Å². The number of anilines is 1. The molecular formula is C27H27N3O2. The van der Waals surface area contributed by atoms with Crippen LogP contribution in [0.5, 0.6) is 5.75 Å². The zero-order valence-electron chi connectivity index (χ0n) is 18.5. The van der Waals surface area contributed by atoms with Crippen LogP contribution in [0.1, 0.15) is 29.3 Å². The number of hydrogen-bond donors (Lipinski definition) is 0. The van der Waals surface area contributed by atoms with Gasteiger partial charge in [-0.1, -0.05) is 42.0 Å². The van der Waals surface area contributed by atoms with Crippen LogP contribution in [0.25, 0.3) is 11.0 Å². The van der Waals surface area contributed by atoms with E-state index in [1.165, 1.54) is 11.1 Å². The number of rotatable bonds is 6. The number of aromatic nitrogens is 2. The Morgan fingerprint density at radius 2 is 1.78 bits per heavy atom.